The van der Waals surface area contributed by atoms with Crippen LogP contribution in [0.5, 0.6) is 5.75 Å². The Morgan fingerprint density at radius 3 is 2.58 bits per heavy atom. The average molecular weight is 495 g/mol. The van der Waals surface area contributed by atoms with E-state index in [1.165, 1.54) is 17.7 Å². The van der Waals surface area contributed by atoms with E-state index in [0.29, 0.717) is 28.2 Å². The molecule has 0 atom stereocenters. The first-order chi connectivity index (χ1) is 15.7. The summed E-state index contributed by atoms with van der Waals surface area (Å²) in [6.45, 7) is -0.420. The molecule has 0 fully saturated rings. The molecule has 12 heteroatoms. The lowest BCUT2D eigenvalue weighted by molar-refractivity contribution is -0.137. The van der Waals surface area contributed by atoms with Crippen LogP contribution in [0, 0.1) is 0 Å². The van der Waals surface area contributed by atoms with Crippen molar-refractivity contribution in [2.24, 2.45) is 0 Å². The molecule has 4 aromatic rings. The van der Waals surface area contributed by atoms with Crippen molar-refractivity contribution >= 4 is 44.9 Å². The standard InChI is InChI=1S/C21H14ClF3N4O3S/c1-32-13-4-2-11(3-5-13)16-7-15-18(33-16)20(31)29(10-27-15)9-17(30)28-19-14(22)6-12(8-26-19)21(23,24)25/h2-8,10H,9H2,1H3,(H,26,28,30). The number of pyridine rings is 1. The van der Waals surface area contributed by atoms with Crippen LogP contribution in [0.2, 0.25) is 5.02 Å². The summed E-state index contributed by atoms with van der Waals surface area (Å²) in [6, 6.07) is 9.76. The number of hydrogen-bond acceptors (Lipinski definition) is 6. The van der Waals surface area contributed by atoms with Gasteiger partial charge < -0.3 is 10.1 Å². The number of benzene rings is 1. The summed E-state index contributed by atoms with van der Waals surface area (Å²) in [6.07, 6.45) is -2.82. The summed E-state index contributed by atoms with van der Waals surface area (Å²) in [7, 11) is 1.57. The van der Waals surface area contributed by atoms with Crippen molar-refractivity contribution in [3.8, 4) is 16.2 Å². The lowest BCUT2D eigenvalue weighted by Crippen LogP contribution is -2.27. The molecule has 170 valence electrons. The van der Waals surface area contributed by atoms with Gasteiger partial charge in [0.05, 0.1) is 29.5 Å². The van der Waals surface area contributed by atoms with Gasteiger partial charge in [-0.25, -0.2) is 9.97 Å². The number of nitrogens with zero attached hydrogens (tertiary/aromatic N) is 3. The van der Waals surface area contributed by atoms with E-state index in [-0.39, 0.29) is 10.8 Å². The monoisotopic (exact) mass is 494 g/mol. The van der Waals surface area contributed by atoms with Gasteiger partial charge in [-0.15, -0.1) is 11.3 Å². The highest BCUT2D eigenvalue weighted by molar-refractivity contribution is 7.22. The van der Waals surface area contributed by atoms with Crippen molar-refractivity contribution in [2.45, 2.75) is 12.7 Å². The van der Waals surface area contributed by atoms with Gasteiger partial charge in [-0.3, -0.25) is 14.2 Å². The Morgan fingerprint density at radius 2 is 1.94 bits per heavy atom. The fourth-order valence-electron chi connectivity index (χ4n) is 2.97. The fraction of sp³-hybridized carbons (Fsp3) is 0.143. The number of alkyl halides is 3. The number of nitrogens with one attached hydrogen (secondary N) is 1. The second-order valence-corrected chi connectivity index (χ2v) is 8.29. The SMILES string of the molecule is COc1ccc(-c2cc3ncn(CC(=O)Nc4ncc(C(F)(F)F)cc4Cl)c(=O)c3s2)cc1. The molecular formula is C21H14ClF3N4O3S. The lowest BCUT2D eigenvalue weighted by atomic mass is 10.2. The molecule has 1 amide bonds. The molecule has 0 aliphatic rings. The van der Waals surface area contributed by atoms with Crippen LogP contribution in [0.4, 0.5) is 19.0 Å². The number of rotatable bonds is 5. The summed E-state index contributed by atoms with van der Waals surface area (Å²) >= 11 is 7.04. The number of anilines is 1. The zero-order chi connectivity index (χ0) is 23.8. The second-order valence-electron chi connectivity index (χ2n) is 6.83. The molecule has 7 nitrogen and oxygen atoms in total. The highest BCUT2D eigenvalue weighted by atomic mass is 35.5. The molecule has 33 heavy (non-hydrogen) atoms. The smallest absolute Gasteiger partial charge is 0.417 e. The number of ether oxygens (including phenoxy) is 1. The first kappa shape index (κ1) is 22.7. The van der Waals surface area contributed by atoms with Gasteiger partial charge in [-0.05, 0) is 42.0 Å². The number of halogens is 4. The molecular weight excluding hydrogens is 481 g/mol. The van der Waals surface area contributed by atoms with Gasteiger partial charge in [0.25, 0.3) is 5.56 Å². The molecule has 0 aliphatic carbocycles. The summed E-state index contributed by atoms with van der Waals surface area (Å²) < 4.78 is 44.8. The molecule has 1 aromatic carbocycles. The maximum Gasteiger partial charge on any atom is 0.417 e. The molecule has 0 spiro atoms. The van der Waals surface area contributed by atoms with Crippen molar-refractivity contribution in [3.05, 3.63) is 69.9 Å². The van der Waals surface area contributed by atoms with Crippen LogP contribution < -0.4 is 15.6 Å². The van der Waals surface area contributed by atoms with Crippen LogP contribution in [0.15, 0.2) is 53.7 Å². The van der Waals surface area contributed by atoms with Gasteiger partial charge in [-0.2, -0.15) is 13.2 Å². The molecule has 4 rings (SSSR count). The van der Waals surface area contributed by atoms with Crippen molar-refractivity contribution < 1.29 is 22.7 Å². The molecule has 0 saturated heterocycles. The maximum absolute atomic E-state index is 12.9. The zero-order valence-corrected chi connectivity index (χ0v) is 18.4. The van der Waals surface area contributed by atoms with E-state index in [0.717, 1.165) is 15.0 Å². The van der Waals surface area contributed by atoms with Gasteiger partial charge >= 0.3 is 6.18 Å². The van der Waals surface area contributed by atoms with E-state index < -0.39 is 29.8 Å². The first-order valence-corrected chi connectivity index (χ1v) is 10.5. The first-order valence-electron chi connectivity index (χ1n) is 9.31. The highest BCUT2D eigenvalue weighted by Gasteiger charge is 2.31. The normalized spacial score (nSPS) is 11.5. The van der Waals surface area contributed by atoms with E-state index >= 15 is 0 Å². The van der Waals surface area contributed by atoms with E-state index in [2.05, 4.69) is 15.3 Å². The van der Waals surface area contributed by atoms with Crippen LogP contribution in [0.25, 0.3) is 20.7 Å². The molecule has 0 saturated carbocycles. The van der Waals surface area contributed by atoms with Gasteiger partial charge in [0.2, 0.25) is 5.91 Å². The third kappa shape index (κ3) is 4.83. The number of hydrogen-bond donors (Lipinski definition) is 1. The number of thiophene rings is 1. The molecule has 1 N–H and O–H groups in total. The summed E-state index contributed by atoms with van der Waals surface area (Å²) in [5.41, 5.74) is -0.0986. The molecule has 3 aromatic heterocycles. The van der Waals surface area contributed by atoms with Crippen molar-refractivity contribution in [1.29, 1.82) is 0 Å². The van der Waals surface area contributed by atoms with Gasteiger partial charge in [0, 0.05) is 11.1 Å². The fourth-order valence-corrected chi connectivity index (χ4v) is 4.25. The third-order valence-electron chi connectivity index (χ3n) is 4.62. The van der Waals surface area contributed by atoms with Crippen LogP contribution in [0.3, 0.4) is 0 Å². The van der Waals surface area contributed by atoms with Crippen molar-refractivity contribution in [2.75, 3.05) is 12.4 Å². The number of amides is 1. The van der Waals surface area contributed by atoms with E-state index in [1.807, 2.05) is 12.1 Å². The average Bonchev–Trinajstić information content (AvgIpc) is 3.22. The summed E-state index contributed by atoms with van der Waals surface area (Å²) in [5, 5.41) is 1.94. The molecule has 0 unspecified atom stereocenters. The summed E-state index contributed by atoms with van der Waals surface area (Å²) in [5.74, 6) is -0.233. The Bertz CT molecular complexity index is 1400. The van der Waals surface area contributed by atoms with E-state index in [4.69, 9.17) is 16.3 Å². The predicted octanol–water partition coefficient (Wildman–Crippen LogP) is 4.84. The Labute approximate surface area is 193 Å². The Balaban J connectivity index is 1.54. The van der Waals surface area contributed by atoms with Gasteiger partial charge in [0.1, 0.15) is 17.0 Å². The quantitative estimate of drug-likeness (QED) is 0.429. The van der Waals surface area contributed by atoms with E-state index in [9.17, 15) is 22.8 Å². The number of fused-ring (bicyclic) bond motifs is 1. The minimum absolute atomic E-state index is 0.241. The molecule has 3 heterocycles. The largest absolute Gasteiger partial charge is 0.497 e. The second kappa shape index (κ2) is 8.83. The predicted molar refractivity (Wildman–Crippen MR) is 119 cm³/mol. The Hall–Kier alpha value is -3.44. The Kier molecular flexibility index (Phi) is 6.09. The van der Waals surface area contributed by atoms with Crippen LogP contribution >= 0.6 is 22.9 Å². The van der Waals surface area contributed by atoms with E-state index in [1.54, 1.807) is 25.3 Å². The number of carbonyl (C=O) groups is 1. The minimum Gasteiger partial charge on any atom is -0.497 e. The van der Waals surface area contributed by atoms with Crippen LogP contribution in [0.1, 0.15) is 5.56 Å². The Morgan fingerprint density at radius 1 is 1.21 bits per heavy atom. The minimum atomic E-state index is -4.61. The molecule has 0 aliphatic heterocycles. The molecule has 0 radical (unpaired) electrons. The number of methoxy groups -OCH3 is 1. The van der Waals surface area contributed by atoms with Gasteiger partial charge in [-0.1, -0.05) is 11.6 Å². The van der Waals surface area contributed by atoms with Crippen LogP contribution in [-0.2, 0) is 17.5 Å². The van der Waals surface area contributed by atoms with Crippen LogP contribution in [-0.4, -0.2) is 27.6 Å². The van der Waals surface area contributed by atoms with Crippen molar-refractivity contribution in [1.82, 2.24) is 14.5 Å². The highest BCUT2D eigenvalue weighted by Crippen LogP contribution is 2.33. The summed E-state index contributed by atoms with van der Waals surface area (Å²) in [4.78, 5) is 33.8. The number of carbonyl (C=O) groups excluding carboxylic acids is 1. The topological polar surface area (TPSA) is 86.1 Å². The maximum atomic E-state index is 12.9. The van der Waals surface area contributed by atoms with Gasteiger partial charge in [0.15, 0.2) is 5.82 Å². The zero-order valence-electron chi connectivity index (χ0n) is 16.8. The molecule has 0 bridgehead atoms. The number of aromatic nitrogens is 3. The third-order valence-corrected chi connectivity index (χ3v) is 6.07. The lowest BCUT2D eigenvalue weighted by Gasteiger charge is -2.10. The van der Waals surface area contributed by atoms with Crippen molar-refractivity contribution in [3.63, 3.8) is 0 Å².